The lowest BCUT2D eigenvalue weighted by atomic mass is 10.2. The van der Waals surface area contributed by atoms with Gasteiger partial charge in [-0.25, -0.2) is 4.79 Å². The molecule has 0 fully saturated rings. The number of rotatable bonds is 3. The minimum atomic E-state index is -0.396. The number of carbonyl (C=O) groups excluding carboxylic acids is 1. The maximum Gasteiger partial charge on any atom is 0.358 e. The Bertz CT molecular complexity index is 581. The molecule has 0 amide bonds. The average molecular weight is 247 g/mol. The van der Waals surface area contributed by atoms with E-state index in [4.69, 9.17) is 4.74 Å². The van der Waals surface area contributed by atoms with E-state index in [1.54, 1.807) is 11.7 Å². The molecule has 2 heterocycles. The summed E-state index contributed by atoms with van der Waals surface area (Å²) < 4.78 is 8.47. The van der Waals surface area contributed by atoms with Crippen LogP contribution in [0.3, 0.4) is 0 Å². The number of esters is 1. The molecule has 5 heteroatoms. The normalized spacial score (nSPS) is 10.7. The van der Waals surface area contributed by atoms with E-state index in [0.29, 0.717) is 12.2 Å². The number of hydrogen-bond donors (Lipinski definition) is 0. The molecule has 0 saturated carbocycles. The minimum Gasteiger partial charge on any atom is -0.464 e. The number of methoxy groups -OCH3 is 1. The third-order valence-electron chi connectivity index (χ3n) is 3.13. The van der Waals surface area contributed by atoms with E-state index < -0.39 is 5.97 Å². The molecule has 2 rings (SSSR count). The Kier molecular flexibility index (Phi) is 3.23. The summed E-state index contributed by atoms with van der Waals surface area (Å²) in [7, 11) is 3.16. The van der Waals surface area contributed by atoms with Crippen LogP contribution in [-0.2, 0) is 18.3 Å². The highest BCUT2D eigenvalue weighted by molar-refractivity contribution is 5.88. The molecular formula is C13H17N3O2. The molecule has 0 saturated heterocycles. The van der Waals surface area contributed by atoms with Crippen LogP contribution in [0, 0.1) is 13.8 Å². The quantitative estimate of drug-likeness (QED) is 0.775. The first-order chi connectivity index (χ1) is 8.52. The number of hydrogen-bond acceptors (Lipinski definition) is 3. The fourth-order valence-electron chi connectivity index (χ4n) is 1.94. The maximum atomic E-state index is 11.6. The van der Waals surface area contributed by atoms with Gasteiger partial charge in [0.2, 0.25) is 0 Å². The van der Waals surface area contributed by atoms with Crippen molar-refractivity contribution >= 4 is 5.97 Å². The Hall–Kier alpha value is -2.04. The Labute approximate surface area is 106 Å². The molecule has 2 aromatic heterocycles. The standard InChI is InChI=1S/C13H17N3O2/c1-9-5-6-16(10(9)2)8-11-7-15(3)14-12(11)13(17)18-4/h5-7H,8H2,1-4H3. The lowest BCUT2D eigenvalue weighted by Gasteiger charge is -2.06. The summed E-state index contributed by atoms with van der Waals surface area (Å²) in [5.74, 6) is -0.396. The largest absolute Gasteiger partial charge is 0.464 e. The zero-order valence-electron chi connectivity index (χ0n) is 11.1. The van der Waals surface area contributed by atoms with Gasteiger partial charge in [0.15, 0.2) is 5.69 Å². The Balaban J connectivity index is 2.34. The highest BCUT2D eigenvalue weighted by Crippen LogP contribution is 2.14. The fraction of sp³-hybridized carbons (Fsp3) is 0.385. The summed E-state index contributed by atoms with van der Waals surface area (Å²) in [6.45, 7) is 4.75. The van der Waals surface area contributed by atoms with E-state index in [1.807, 2.05) is 12.4 Å². The summed E-state index contributed by atoms with van der Waals surface area (Å²) in [5, 5.41) is 4.14. The molecule has 2 aromatic rings. The van der Waals surface area contributed by atoms with Crippen molar-refractivity contribution < 1.29 is 9.53 Å². The number of carbonyl (C=O) groups is 1. The second-order valence-electron chi connectivity index (χ2n) is 4.38. The monoisotopic (exact) mass is 247 g/mol. The van der Waals surface area contributed by atoms with E-state index in [0.717, 1.165) is 5.56 Å². The third kappa shape index (κ3) is 2.16. The Morgan fingerprint density at radius 1 is 1.44 bits per heavy atom. The highest BCUT2D eigenvalue weighted by atomic mass is 16.5. The lowest BCUT2D eigenvalue weighted by molar-refractivity contribution is 0.0592. The molecule has 0 spiro atoms. The van der Waals surface area contributed by atoms with Crippen LogP contribution in [0.4, 0.5) is 0 Å². The van der Waals surface area contributed by atoms with Gasteiger partial charge >= 0.3 is 5.97 Å². The molecule has 96 valence electrons. The number of aromatic nitrogens is 3. The summed E-state index contributed by atoms with van der Waals surface area (Å²) in [6, 6.07) is 2.06. The van der Waals surface area contributed by atoms with Crippen LogP contribution in [0.5, 0.6) is 0 Å². The van der Waals surface area contributed by atoms with Gasteiger partial charge in [0.05, 0.1) is 13.7 Å². The van der Waals surface area contributed by atoms with Gasteiger partial charge < -0.3 is 9.30 Å². The second-order valence-corrected chi connectivity index (χ2v) is 4.38. The molecule has 0 unspecified atom stereocenters. The molecular weight excluding hydrogens is 230 g/mol. The molecule has 0 aliphatic carbocycles. The van der Waals surface area contributed by atoms with Crippen molar-refractivity contribution in [2.75, 3.05) is 7.11 Å². The van der Waals surface area contributed by atoms with Gasteiger partial charge in [0.1, 0.15) is 0 Å². The van der Waals surface area contributed by atoms with E-state index in [9.17, 15) is 4.79 Å². The van der Waals surface area contributed by atoms with Crippen molar-refractivity contribution in [2.45, 2.75) is 20.4 Å². The van der Waals surface area contributed by atoms with E-state index in [2.05, 4.69) is 29.6 Å². The third-order valence-corrected chi connectivity index (χ3v) is 3.13. The van der Waals surface area contributed by atoms with Crippen LogP contribution >= 0.6 is 0 Å². The highest BCUT2D eigenvalue weighted by Gasteiger charge is 2.17. The van der Waals surface area contributed by atoms with Crippen molar-refractivity contribution in [3.05, 3.63) is 41.0 Å². The predicted octanol–water partition coefficient (Wildman–Crippen LogP) is 1.67. The topological polar surface area (TPSA) is 49.0 Å². The Morgan fingerprint density at radius 3 is 2.72 bits per heavy atom. The summed E-state index contributed by atoms with van der Waals surface area (Å²) in [4.78, 5) is 11.6. The van der Waals surface area contributed by atoms with E-state index >= 15 is 0 Å². The smallest absolute Gasteiger partial charge is 0.358 e. The van der Waals surface area contributed by atoms with Gasteiger partial charge in [-0.2, -0.15) is 5.10 Å². The molecule has 5 nitrogen and oxygen atoms in total. The van der Waals surface area contributed by atoms with Crippen molar-refractivity contribution in [1.82, 2.24) is 14.3 Å². The van der Waals surface area contributed by atoms with Crippen LogP contribution in [0.1, 0.15) is 27.3 Å². The molecule has 0 aromatic carbocycles. The van der Waals surface area contributed by atoms with Crippen molar-refractivity contribution in [2.24, 2.45) is 7.05 Å². The van der Waals surface area contributed by atoms with Crippen LogP contribution in [0.25, 0.3) is 0 Å². The van der Waals surface area contributed by atoms with E-state index in [1.165, 1.54) is 18.4 Å². The van der Waals surface area contributed by atoms with Crippen LogP contribution < -0.4 is 0 Å². The number of aryl methyl sites for hydroxylation is 2. The molecule has 0 aliphatic heterocycles. The van der Waals surface area contributed by atoms with Crippen molar-refractivity contribution in [1.29, 1.82) is 0 Å². The van der Waals surface area contributed by atoms with Gasteiger partial charge in [-0.15, -0.1) is 0 Å². The second kappa shape index (κ2) is 4.68. The van der Waals surface area contributed by atoms with E-state index in [-0.39, 0.29) is 0 Å². The van der Waals surface area contributed by atoms with Gasteiger partial charge in [-0.3, -0.25) is 4.68 Å². The van der Waals surface area contributed by atoms with Gasteiger partial charge in [-0.05, 0) is 25.5 Å². The van der Waals surface area contributed by atoms with Crippen LogP contribution in [0.2, 0.25) is 0 Å². The summed E-state index contributed by atoms with van der Waals surface area (Å²) in [6.07, 6.45) is 3.86. The zero-order chi connectivity index (χ0) is 13.3. The summed E-state index contributed by atoms with van der Waals surface area (Å²) >= 11 is 0. The predicted molar refractivity (Wildman–Crippen MR) is 67.6 cm³/mol. The maximum absolute atomic E-state index is 11.6. The SMILES string of the molecule is COC(=O)c1nn(C)cc1Cn1ccc(C)c1C. The molecule has 0 N–H and O–H groups in total. The first-order valence-electron chi connectivity index (χ1n) is 5.76. The minimum absolute atomic E-state index is 0.380. The van der Waals surface area contributed by atoms with Crippen molar-refractivity contribution in [3.63, 3.8) is 0 Å². The molecule has 0 radical (unpaired) electrons. The van der Waals surface area contributed by atoms with Gasteiger partial charge in [0, 0.05) is 30.7 Å². The molecule has 0 atom stereocenters. The van der Waals surface area contributed by atoms with Crippen LogP contribution in [-0.4, -0.2) is 27.4 Å². The van der Waals surface area contributed by atoms with Crippen molar-refractivity contribution in [3.8, 4) is 0 Å². The van der Waals surface area contributed by atoms with Gasteiger partial charge in [0.25, 0.3) is 0 Å². The molecule has 0 bridgehead atoms. The lowest BCUT2D eigenvalue weighted by Crippen LogP contribution is -2.08. The fourth-order valence-corrected chi connectivity index (χ4v) is 1.94. The Morgan fingerprint density at radius 2 is 2.17 bits per heavy atom. The first-order valence-corrected chi connectivity index (χ1v) is 5.76. The first kappa shape index (κ1) is 12.4. The molecule has 0 aliphatic rings. The average Bonchev–Trinajstić information content (AvgIpc) is 2.86. The number of nitrogens with zero attached hydrogens (tertiary/aromatic N) is 3. The zero-order valence-corrected chi connectivity index (χ0v) is 11.1. The molecule has 18 heavy (non-hydrogen) atoms. The van der Waals surface area contributed by atoms with Gasteiger partial charge in [-0.1, -0.05) is 0 Å². The van der Waals surface area contributed by atoms with Crippen LogP contribution in [0.15, 0.2) is 18.5 Å². The summed E-state index contributed by atoms with van der Waals surface area (Å²) in [5.41, 5.74) is 3.67. The number of ether oxygens (including phenoxy) is 1.